The number of carbonyl (C=O) groups excluding carboxylic acids is 1. The molecule has 3 aromatic rings. The van der Waals surface area contributed by atoms with Gasteiger partial charge < -0.3 is 4.42 Å². The first-order chi connectivity index (χ1) is 12.3. The van der Waals surface area contributed by atoms with E-state index in [1.54, 1.807) is 0 Å². The van der Waals surface area contributed by atoms with E-state index in [-0.39, 0.29) is 24.0 Å². The van der Waals surface area contributed by atoms with Gasteiger partial charge in [-0.1, -0.05) is 6.07 Å². The fourth-order valence-corrected chi connectivity index (χ4v) is 3.28. The van der Waals surface area contributed by atoms with Crippen LogP contribution in [0.2, 0.25) is 0 Å². The summed E-state index contributed by atoms with van der Waals surface area (Å²) in [7, 11) is 0. The second-order valence-electron chi connectivity index (χ2n) is 6.38. The zero-order valence-electron chi connectivity index (χ0n) is 15.1. The topological polar surface area (TPSA) is 65.1 Å². The quantitative estimate of drug-likeness (QED) is 0.668. The number of carbonyl (C=O) groups is 1. The summed E-state index contributed by atoms with van der Waals surface area (Å²) in [6.07, 6.45) is 0. The van der Waals surface area contributed by atoms with Gasteiger partial charge in [0.05, 0.1) is 6.54 Å². The van der Waals surface area contributed by atoms with Gasteiger partial charge >= 0.3 is 5.76 Å². The highest BCUT2D eigenvalue weighted by molar-refractivity contribution is 5.97. The molecule has 26 heavy (non-hydrogen) atoms. The lowest BCUT2D eigenvalue weighted by Crippen LogP contribution is -2.19. The van der Waals surface area contributed by atoms with Gasteiger partial charge in [-0.25, -0.2) is 9.18 Å². The summed E-state index contributed by atoms with van der Waals surface area (Å²) >= 11 is 0. The minimum atomic E-state index is -0.604. The average Bonchev–Trinajstić information content (AvgIpc) is 2.92. The second-order valence-corrected chi connectivity index (χ2v) is 6.38. The molecule has 2 aromatic carbocycles. The summed E-state index contributed by atoms with van der Waals surface area (Å²) < 4.78 is 19.5. The molecule has 0 unspecified atom stereocenters. The van der Waals surface area contributed by atoms with Crippen molar-refractivity contribution < 1.29 is 13.6 Å². The highest BCUT2D eigenvalue weighted by atomic mass is 19.1. The first-order valence-corrected chi connectivity index (χ1v) is 8.22. The van der Waals surface area contributed by atoms with Crippen molar-refractivity contribution in [3.63, 3.8) is 0 Å². The molecule has 1 heterocycles. The van der Waals surface area contributed by atoms with E-state index in [4.69, 9.17) is 4.42 Å². The predicted molar refractivity (Wildman–Crippen MR) is 95.9 cm³/mol. The van der Waals surface area contributed by atoms with Crippen molar-refractivity contribution in [3.8, 4) is 11.5 Å². The van der Waals surface area contributed by atoms with Crippen molar-refractivity contribution in [2.75, 3.05) is 0 Å². The minimum absolute atomic E-state index is 0.0132. The van der Waals surface area contributed by atoms with Crippen LogP contribution in [-0.2, 0) is 6.54 Å². The van der Waals surface area contributed by atoms with Gasteiger partial charge in [0.2, 0.25) is 5.89 Å². The summed E-state index contributed by atoms with van der Waals surface area (Å²) in [6, 6.07) is 7.50. The number of hydrogen-bond donors (Lipinski definition) is 0. The Balaban J connectivity index is 2.03. The third-order valence-electron chi connectivity index (χ3n) is 4.49. The molecule has 3 rings (SSSR count). The SMILES string of the molecule is CC(=O)c1c(C)cc(C)c(Cn2nc(-c3ccc(F)cc3)oc2=O)c1C. The Morgan fingerprint density at radius 2 is 1.81 bits per heavy atom. The Labute approximate surface area is 150 Å². The van der Waals surface area contributed by atoms with Gasteiger partial charge in [0.25, 0.3) is 0 Å². The highest BCUT2D eigenvalue weighted by Gasteiger charge is 2.17. The van der Waals surface area contributed by atoms with E-state index in [0.29, 0.717) is 11.1 Å². The molecule has 0 saturated carbocycles. The molecule has 0 N–H and O–H groups in total. The van der Waals surface area contributed by atoms with Crippen LogP contribution in [0.3, 0.4) is 0 Å². The van der Waals surface area contributed by atoms with Gasteiger partial charge in [0.1, 0.15) is 5.82 Å². The number of hydrogen-bond acceptors (Lipinski definition) is 4. The zero-order chi connectivity index (χ0) is 19.0. The van der Waals surface area contributed by atoms with Crippen molar-refractivity contribution in [1.29, 1.82) is 0 Å². The number of halogens is 1. The molecule has 1 aromatic heterocycles. The molecular weight excluding hydrogens is 335 g/mol. The van der Waals surface area contributed by atoms with E-state index >= 15 is 0 Å². The zero-order valence-corrected chi connectivity index (χ0v) is 15.1. The lowest BCUT2D eigenvalue weighted by Gasteiger charge is -2.15. The monoisotopic (exact) mass is 354 g/mol. The van der Waals surface area contributed by atoms with Crippen LogP contribution in [0.5, 0.6) is 0 Å². The Hall–Kier alpha value is -3.02. The molecule has 0 saturated heterocycles. The van der Waals surface area contributed by atoms with Crippen LogP contribution in [-0.4, -0.2) is 15.6 Å². The van der Waals surface area contributed by atoms with Gasteiger partial charge in [-0.05, 0) is 74.2 Å². The van der Waals surface area contributed by atoms with E-state index in [0.717, 1.165) is 22.3 Å². The molecule has 6 heteroatoms. The molecule has 0 amide bonds. The maximum atomic E-state index is 13.1. The fraction of sp³-hybridized carbons (Fsp3) is 0.250. The van der Waals surface area contributed by atoms with Crippen LogP contribution in [0.25, 0.3) is 11.5 Å². The highest BCUT2D eigenvalue weighted by Crippen LogP contribution is 2.24. The number of Topliss-reactive ketones (excluding diaryl/α,β-unsaturated/α-hetero) is 1. The summed E-state index contributed by atoms with van der Waals surface area (Å²) in [6.45, 7) is 7.43. The molecule has 0 fully saturated rings. The van der Waals surface area contributed by atoms with Crippen LogP contribution < -0.4 is 5.76 Å². The van der Waals surface area contributed by atoms with Crippen molar-refractivity contribution in [2.45, 2.75) is 34.2 Å². The molecule has 0 spiro atoms. The average molecular weight is 354 g/mol. The van der Waals surface area contributed by atoms with Gasteiger partial charge in [0.15, 0.2) is 5.78 Å². The lowest BCUT2D eigenvalue weighted by molar-refractivity contribution is 0.101. The molecule has 0 aliphatic carbocycles. The van der Waals surface area contributed by atoms with E-state index in [1.165, 1.54) is 35.9 Å². The number of ketones is 1. The minimum Gasteiger partial charge on any atom is -0.388 e. The van der Waals surface area contributed by atoms with E-state index in [2.05, 4.69) is 5.10 Å². The number of nitrogens with zero attached hydrogens (tertiary/aromatic N) is 2. The van der Waals surface area contributed by atoms with Crippen LogP contribution in [0.1, 0.15) is 39.5 Å². The molecule has 0 atom stereocenters. The van der Waals surface area contributed by atoms with Crippen molar-refractivity contribution >= 4 is 5.78 Å². The standard InChI is InChI=1S/C20H19FN2O3/c1-11-9-12(2)18(14(4)24)13(3)17(11)10-23-20(25)26-19(22-23)15-5-7-16(21)8-6-15/h5-9H,10H2,1-4H3. The molecule has 134 valence electrons. The van der Waals surface area contributed by atoms with Gasteiger partial charge in [-0.2, -0.15) is 4.68 Å². The van der Waals surface area contributed by atoms with Crippen molar-refractivity contribution in [1.82, 2.24) is 9.78 Å². The Bertz CT molecular complexity index is 1050. The van der Waals surface area contributed by atoms with E-state index in [1.807, 2.05) is 26.8 Å². The lowest BCUT2D eigenvalue weighted by atomic mass is 9.91. The van der Waals surface area contributed by atoms with Gasteiger partial charge in [-0.15, -0.1) is 5.10 Å². The Morgan fingerprint density at radius 3 is 2.42 bits per heavy atom. The molecular formula is C20H19FN2O3. The maximum Gasteiger partial charge on any atom is 0.437 e. The summed E-state index contributed by atoms with van der Waals surface area (Å²) in [4.78, 5) is 24.1. The number of benzene rings is 2. The van der Waals surface area contributed by atoms with Crippen LogP contribution in [0, 0.1) is 26.6 Å². The largest absolute Gasteiger partial charge is 0.437 e. The smallest absolute Gasteiger partial charge is 0.388 e. The number of aromatic nitrogens is 2. The number of rotatable bonds is 4. The third-order valence-corrected chi connectivity index (χ3v) is 4.49. The number of aryl methyl sites for hydroxylation is 2. The second kappa shape index (κ2) is 6.71. The summed E-state index contributed by atoms with van der Waals surface area (Å²) in [5, 5.41) is 4.21. The summed E-state index contributed by atoms with van der Waals surface area (Å²) in [5.74, 6) is -0.865. The van der Waals surface area contributed by atoms with Crippen LogP contribution >= 0.6 is 0 Å². The first kappa shape index (κ1) is 17.8. The molecule has 0 aliphatic rings. The third kappa shape index (κ3) is 3.22. The van der Waals surface area contributed by atoms with Gasteiger partial charge in [0, 0.05) is 11.1 Å². The normalized spacial score (nSPS) is 11.0. The molecule has 0 bridgehead atoms. The summed E-state index contributed by atoms with van der Waals surface area (Å²) in [5.41, 5.74) is 4.78. The van der Waals surface area contributed by atoms with Crippen LogP contribution in [0.15, 0.2) is 39.5 Å². The Morgan fingerprint density at radius 1 is 1.15 bits per heavy atom. The molecule has 0 radical (unpaired) electrons. The first-order valence-electron chi connectivity index (χ1n) is 8.22. The predicted octanol–water partition coefficient (Wildman–Crippen LogP) is 3.82. The van der Waals surface area contributed by atoms with Crippen molar-refractivity contribution in [2.24, 2.45) is 0 Å². The maximum absolute atomic E-state index is 13.1. The molecule has 5 nitrogen and oxygen atoms in total. The Kier molecular flexibility index (Phi) is 4.59. The molecule has 0 aliphatic heterocycles. The van der Waals surface area contributed by atoms with Gasteiger partial charge in [-0.3, -0.25) is 4.79 Å². The fourth-order valence-electron chi connectivity index (χ4n) is 3.28. The van der Waals surface area contributed by atoms with E-state index < -0.39 is 5.76 Å². The van der Waals surface area contributed by atoms with Crippen LogP contribution in [0.4, 0.5) is 4.39 Å². The van der Waals surface area contributed by atoms with E-state index in [9.17, 15) is 14.0 Å². The van der Waals surface area contributed by atoms with Crippen molar-refractivity contribution in [3.05, 3.63) is 74.5 Å².